The molecule has 0 aliphatic rings. The van der Waals surface area contributed by atoms with E-state index in [1.807, 2.05) is 37.3 Å². The Morgan fingerprint density at radius 1 is 1.17 bits per heavy atom. The second-order valence-electron chi connectivity index (χ2n) is 6.51. The lowest BCUT2D eigenvalue weighted by Crippen LogP contribution is -2.34. The maximum Gasteiger partial charge on any atom is 0.414 e. The first-order valence-corrected chi connectivity index (χ1v) is 10.4. The van der Waals surface area contributed by atoms with Gasteiger partial charge in [0, 0.05) is 6.42 Å². The number of amides is 1. The van der Waals surface area contributed by atoms with E-state index in [1.54, 1.807) is 30.4 Å². The zero-order valence-corrected chi connectivity index (χ0v) is 18.0. The Kier molecular flexibility index (Phi) is 7.24. The first kappa shape index (κ1) is 21.6. The van der Waals surface area contributed by atoms with Gasteiger partial charge in [0.2, 0.25) is 0 Å². The lowest BCUT2D eigenvalue weighted by atomic mass is 10.1. The molecule has 3 aromatic rings. The van der Waals surface area contributed by atoms with Gasteiger partial charge in [0.05, 0.1) is 29.6 Å². The Balaban J connectivity index is 1.68. The van der Waals surface area contributed by atoms with Crippen LogP contribution in [-0.4, -0.2) is 37.3 Å². The fourth-order valence-corrected chi connectivity index (χ4v) is 3.80. The number of nitrogens with zero attached hydrogens (tertiary/aromatic N) is 2. The molecular weight excluding hydrogens is 404 g/mol. The first-order chi connectivity index (χ1) is 14.5. The minimum absolute atomic E-state index is 0.0943. The summed E-state index contributed by atoms with van der Waals surface area (Å²) in [5.74, 6) is 0.368. The van der Waals surface area contributed by atoms with Crippen molar-refractivity contribution < 1.29 is 23.8 Å². The molecule has 0 unspecified atom stereocenters. The van der Waals surface area contributed by atoms with Crippen molar-refractivity contribution in [1.29, 1.82) is 0 Å². The molecule has 1 heterocycles. The number of thiazole rings is 1. The van der Waals surface area contributed by atoms with E-state index in [4.69, 9.17) is 14.2 Å². The van der Waals surface area contributed by atoms with Gasteiger partial charge in [-0.25, -0.2) is 9.78 Å². The van der Waals surface area contributed by atoms with Crippen LogP contribution in [0.3, 0.4) is 0 Å². The molecule has 158 valence electrons. The molecule has 7 nitrogen and oxygen atoms in total. The summed E-state index contributed by atoms with van der Waals surface area (Å²) in [5, 5.41) is 0.895. The molecule has 0 fully saturated rings. The molecule has 1 aromatic heterocycles. The molecule has 3 rings (SSSR count). The third kappa shape index (κ3) is 5.27. The van der Waals surface area contributed by atoms with Crippen molar-refractivity contribution in [1.82, 2.24) is 4.98 Å². The summed E-state index contributed by atoms with van der Waals surface area (Å²) in [4.78, 5) is 29.6. The maximum absolute atomic E-state index is 12.2. The number of hydrogen-bond donors (Lipinski definition) is 0. The SMILES string of the molecule is CCC(=O)OCCN(C(=O)OC)c1ccc(OCc2nc3ccccc3s2)cc1C. The Morgan fingerprint density at radius 2 is 1.97 bits per heavy atom. The normalized spacial score (nSPS) is 10.6. The van der Waals surface area contributed by atoms with E-state index in [9.17, 15) is 9.59 Å². The predicted molar refractivity (Wildman–Crippen MR) is 116 cm³/mol. The zero-order valence-electron chi connectivity index (χ0n) is 17.2. The summed E-state index contributed by atoms with van der Waals surface area (Å²) < 4.78 is 17.0. The van der Waals surface area contributed by atoms with E-state index in [0.717, 1.165) is 20.8 Å². The van der Waals surface area contributed by atoms with Gasteiger partial charge in [0.25, 0.3) is 0 Å². The number of aromatic nitrogens is 1. The largest absolute Gasteiger partial charge is 0.486 e. The third-order valence-electron chi connectivity index (χ3n) is 4.42. The topological polar surface area (TPSA) is 78.0 Å². The molecule has 8 heteroatoms. The van der Waals surface area contributed by atoms with Crippen molar-refractivity contribution in [3.63, 3.8) is 0 Å². The highest BCUT2D eigenvalue weighted by atomic mass is 32.1. The molecule has 0 bridgehead atoms. The van der Waals surface area contributed by atoms with Crippen molar-refractivity contribution in [2.24, 2.45) is 0 Å². The van der Waals surface area contributed by atoms with Gasteiger partial charge in [0.15, 0.2) is 0 Å². The molecular formula is C22H24N2O5S. The Hall–Kier alpha value is -3.13. The molecule has 0 atom stereocenters. The molecule has 0 aliphatic heterocycles. The fourth-order valence-electron chi connectivity index (χ4n) is 2.92. The summed E-state index contributed by atoms with van der Waals surface area (Å²) in [6.07, 6.45) is -0.230. The molecule has 30 heavy (non-hydrogen) atoms. The molecule has 0 saturated carbocycles. The first-order valence-electron chi connectivity index (χ1n) is 9.60. The summed E-state index contributed by atoms with van der Waals surface area (Å²) in [6.45, 7) is 4.26. The number of esters is 1. The minimum Gasteiger partial charge on any atom is -0.486 e. The van der Waals surface area contributed by atoms with Crippen LogP contribution < -0.4 is 9.64 Å². The van der Waals surface area contributed by atoms with Crippen LogP contribution in [0.1, 0.15) is 23.9 Å². The number of ether oxygens (including phenoxy) is 3. The van der Waals surface area contributed by atoms with E-state index >= 15 is 0 Å². The van der Waals surface area contributed by atoms with Crippen molar-refractivity contribution >= 4 is 39.3 Å². The molecule has 0 spiro atoms. The van der Waals surface area contributed by atoms with Crippen LogP contribution in [0, 0.1) is 6.92 Å². The van der Waals surface area contributed by atoms with Gasteiger partial charge in [-0.1, -0.05) is 19.1 Å². The van der Waals surface area contributed by atoms with Crippen LogP contribution >= 0.6 is 11.3 Å². The number of carbonyl (C=O) groups excluding carboxylic acids is 2. The van der Waals surface area contributed by atoms with Crippen LogP contribution in [0.25, 0.3) is 10.2 Å². The van der Waals surface area contributed by atoms with Crippen molar-refractivity contribution in [3.05, 3.63) is 53.0 Å². The smallest absolute Gasteiger partial charge is 0.414 e. The number of rotatable bonds is 8. The van der Waals surface area contributed by atoms with Gasteiger partial charge in [-0.05, 0) is 42.8 Å². The zero-order chi connectivity index (χ0) is 21.5. The van der Waals surface area contributed by atoms with E-state index in [-0.39, 0.29) is 25.5 Å². The Morgan fingerprint density at radius 3 is 2.67 bits per heavy atom. The molecule has 0 radical (unpaired) electrons. The van der Waals surface area contributed by atoms with Crippen LogP contribution in [0.2, 0.25) is 0 Å². The molecule has 0 N–H and O–H groups in total. The fraction of sp³-hybridized carbons (Fsp3) is 0.318. The number of benzene rings is 2. The van der Waals surface area contributed by atoms with E-state index in [2.05, 4.69) is 4.98 Å². The summed E-state index contributed by atoms with van der Waals surface area (Å²) in [7, 11) is 1.32. The Labute approximate surface area is 179 Å². The van der Waals surface area contributed by atoms with Crippen LogP contribution in [-0.2, 0) is 20.9 Å². The second kappa shape index (κ2) is 10.1. The van der Waals surface area contributed by atoms with Crippen LogP contribution in [0.15, 0.2) is 42.5 Å². The lowest BCUT2D eigenvalue weighted by molar-refractivity contribution is -0.142. The highest BCUT2D eigenvalue weighted by Gasteiger charge is 2.19. The highest BCUT2D eigenvalue weighted by molar-refractivity contribution is 7.18. The highest BCUT2D eigenvalue weighted by Crippen LogP contribution is 2.27. The average molecular weight is 429 g/mol. The summed E-state index contributed by atoms with van der Waals surface area (Å²) >= 11 is 1.60. The maximum atomic E-state index is 12.2. The van der Waals surface area contributed by atoms with E-state index in [1.165, 1.54) is 12.0 Å². The van der Waals surface area contributed by atoms with Gasteiger partial charge in [-0.15, -0.1) is 11.3 Å². The molecule has 2 aromatic carbocycles. The summed E-state index contributed by atoms with van der Waals surface area (Å²) in [6, 6.07) is 13.4. The number of fused-ring (bicyclic) bond motifs is 1. The Bertz CT molecular complexity index is 1000. The number of aryl methyl sites for hydroxylation is 1. The van der Waals surface area contributed by atoms with Crippen molar-refractivity contribution in [2.75, 3.05) is 25.2 Å². The molecule has 0 aliphatic carbocycles. The number of anilines is 1. The van der Waals surface area contributed by atoms with Crippen LogP contribution in [0.5, 0.6) is 5.75 Å². The van der Waals surface area contributed by atoms with Crippen LogP contribution in [0.4, 0.5) is 10.5 Å². The standard InChI is InChI=1S/C22H24N2O5S/c1-4-21(25)28-12-11-24(22(26)27-3)18-10-9-16(13-15(18)2)29-14-20-23-17-7-5-6-8-19(17)30-20/h5-10,13H,4,11-12,14H2,1-3H3. The number of para-hydroxylation sites is 1. The molecule has 1 amide bonds. The van der Waals surface area contributed by atoms with Gasteiger partial charge >= 0.3 is 12.1 Å². The van der Waals surface area contributed by atoms with E-state index < -0.39 is 6.09 Å². The third-order valence-corrected chi connectivity index (χ3v) is 5.43. The predicted octanol–water partition coefficient (Wildman–Crippen LogP) is 4.71. The average Bonchev–Trinajstić information content (AvgIpc) is 3.18. The quantitative estimate of drug-likeness (QED) is 0.484. The van der Waals surface area contributed by atoms with E-state index in [0.29, 0.717) is 18.0 Å². The van der Waals surface area contributed by atoms with Crippen molar-refractivity contribution in [2.45, 2.75) is 26.9 Å². The summed E-state index contributed by atoms with van der Waals surface area (Å²) in [5.41, 5.74) is 2.47. The van der Waals surface area contributed by atoms with Gasteiger partial charge in [-0.3, -0.25) is 9.69 Å². The number of methoxy groups -OCH3 is 1. The number of carbonyl (C=O) groups is 2. The molecule has 0 saturated heterocycles. The monoisotopic (exact) mass is 428 g/mol. The van der Waals surface area contributed by atoms with Crippen molar-refractivity contribution in [3.8, 4) is 5.75 Å². The van der Waals surface area contributed by atoms with Gasteiger partial charge in [0.1, 0.15) is 24.0 Å². The number of hydrogen-bond acceptors (Lipinski definition) is 7. The minimum atomic E-state index is -0.520. The second-order valence-corrected chi connectivity index (χ2v) is 7.62. The van der Waals surface area contributed by atoms with Gasteiger partial charge in [-0.2, -0.15) is 0 Å². The van der Waals surface area contributed by atoms with Gasteiger partial charge < -0.3 is 14.2 Å². The lowest BCUT2D eigenvalue weighted by Gasteiger charge is -2.23.